The molecule has 1 aromatic rings. The smallest absolute Gasteiger partial charge is 0.377 e. The van der Waals surface area contributed by atoms with Gasteiger partial charge in [0.1, 0.15) is 5.69 Å². The number of phosphoric acid groups is 2. The Morgan fingerprint density at radius 1 is 1.24 bits per heavy atom. The molecule has 0 aliphatic carbocycles. The van der Waals surface area contributed by atoms with Crippen LogP contribution < -0.4 is 5.32 Å². The van der Waals surface area contributed by atoms with Gasteiger partial charge < -0.3 is 20.0 Å². The van der Waals surface area contributed by atoms with Gasteiger partial charge in [0.25, 0.3) is 5.69 Å². The van der Waals surface area contributed by atoms with Crippen LogP contribution in [0.1, 0.15) is 0 Å². The summed E-state index contributed by atoms with van der Waals surface area (Å²) in [5.41, 5.74) is -0.0362. The van der Waals surface area contributed by atoms with E-state index < -0.39 is 27.2 Å². The number of nitrogens with one attached hydrogen (secondary N) is 1. The van der Waals surface area contributed by atoms with Gasteiger partial charge in [0.05, 0.1) is 11.5 Å². The minimum absolute atomic E-state index is 0.125. The number of hydrogen-bond acceptors (Lipinski definition) is 7. The van der Waals surface area contributed by atoms with Crippen molar-refractivity contribution in [1.29, 1.82) is 0 Å². The molecule has 0 saturated heterocycles. The first-order valence-electron chi connectivity index (χ1n) is 5.32. The van der Waals surface area contributed by atoms with Crippen molar-refractivity contribution in [3.8, 4) is 0 Å². The third-order valence-electron chi connectivity index (χ3n) is 1.98. The maximum absolute atomic E-state index is 11.1. The average Bonchev–Trinajstić information content (AvgIpc) is 2.32. The Morgan fingerprint density at radius 2 is 1.86 bits per heavy atom. The zero-order chi connectivity index (χ0) is 16.1. The predicted octanol–water partition coefficient (Wildman–Crippen LogP) is 1.23. The predicted molar refractivity (Wildman–Crippen MR) is 70.5 cm³/mol. The molecule has 0 spiro atoms. The molecule has 1 atom stereocenters. The maximum Gasteiger partial charge on any atom is 0.481 e. The van der Waals surface area contributed by atoms with Crippen LogP contribution in [-0.4, -0.2) is 32.8 Å². The number of nitro benzene ring substituents is 1. The molecule has 1 aromatic carbocycles. The summed E-state index contributed by atoms with van der Waals surface area (Å²) in [6.45, 7) is -0.597. The van der Waals surface area contributed by atoms with E-state index >= 15 is 0 Å². The van der Waals surface area contributed by atoms with Crippen molar-refractivity contribution in [3.63, 3.8) is 0 Å². The monoisotopic (exact) mass is 342 g/mol. The fourth-order valence-electron chi connectivity index (χ4n) is 1.29. The van der Waals surface area contributed by atoms with E-state index in [4.69, 9.17) is 14.7 Å². The van der Waals surface area contributed by atoms with E-state index in [-0.39, 0.29) is 17.9 Å². The molecular weight excluding hydrogens is 330 g/mol. The molecule has 0 amide bonds. The molecule has 0 heterocycles. The Morgan fingerprint density at radius 3 is 2.43 bits per heavy atom. The van der Waals surface area contributed by atoms with E-state index in [0.717, 1.165) is 0 Å². The number of phosphoric ester groups is 1. The Hall–Kier alpha value is -1.32. The van der Waals surface area contributed by atoms with Gasteiger partial charge in [0.2, 0.25) is 0 Å². The Labute approximate surface area is 118 Å². The fraction of sp³-hybridized carbons (Fsp3) is 0.250. The molecule has 0 aromatic heterocycles. The highest BCUT2D eigenvalue weighted by Gasteiger charge is 2.32. The largest absolute Gasteiger partial charge is 0.481 e. The Balaban J connectivity index is 2.50. The van der Waals surface area contributed by atoms with E-state index in [0.29, 0.717) is 0 Å². The Kier molecular flexibility index (Phi) is 5.99. The van der Waals surface area contributed by atoms with Gasteiger partial charge in [0, 0.05) is 12.6 Å². The van der Waals surface area contributed by atoms with E-state index in [9.17, 15) is 19.2 Å². The first-order valence-corrected chi connectivity index (χ1v) is 8.35. The summed E-state index contributed by atoms with van der Waals surface area (Å²) in [6.07, 6.45) is 0. The first-order chi connectivity index (χ1) is 9.61. The molecule has 0 saturated carbocycles. The SMILES string of the molecule is O=[N+]([O-])c1ccccc1NCCOP(=O)(O)OP(=O)(O)O. The van der Waals surface area contributed by atoms with Crippen molar-refractivity contribution >= 4 is 27.0 Å². The lowest BCUT2D eigenvalue weighted by Crippen LogP contribution is -2.10. The minimum Gasteiger partial charge on any atom is -0.377 e. The zero-order valence-corrected chi connectivity index (χ0v) is 12.1. The lowest BCUT2D eigenvalue weighted by atomic mass is 10.2. The van der Waals surface area contributed by atoms with Crippen LogP contribution in [0.5, 0.6) is 0 Å². The summed E-state index contributed by atoms with van der Waals surface area (Å²) >= 11 is 0. The van der Waals surface area contributed by atoms with Crippen LogP contribution in [0.4, 0.5) is 11.4 Å². The zero-order valence-electron chi connectivity index (χ0n) is 10.4. The van der Waals surface area contributed by atoms with Gasteiger partial charge in [0.15, 0.2) is 0 Å². The molecular formula is C8H12N2O9P2. The quantitative estimate of drug-likeness (QED) is 0.233. The normalized spacial score (nSPS) is 14.4. The molecule has 0 bridgehead atoms. The maximum atomic E-state index is 11.1. The highest BCUT2D eigenvalue weighted by atomic mass is 31.3. The lowest BCUT2D eigenvalue weighted by Gasteiger charge is -2.13. The summed E-state index contributed by atoms with van der Waals surface area (Å²) in [6, 6.07) is 5.69. The third kappa shape index (κ3) is 6.78. The molecule has 1 unspecified atom stereocenters. The van der Waals surface area contributed by atoms with Gasteiger partial charge in [-0.05, 0) is 6.07 Å². The van der Waals surface area contributed by atoms with Gasteiger partial charge in [-0.15, -0.1) is 0 Å². The topological polar surface area (TPSA) is 168 Å². The van der Waals surface area contributed by atoms with Crippen LogP contribution in [0.25, 0.3) is 0 Å². The highest BCUT2D eigenvalue weighted by molar-refractivity contribution is 7.60. The van der Waals surface area contributed by atoms with Crippen LogP contribution in [-0.2, 0) is 18.0 Å². The molecule has 0 aliphatic heterocycles. The number of hydrogen-bond donors (Lipinski definition) is 4. The highest BCUT2D eigenvalue weighted by Crippen LogP contribution is 2.57. The molecule has 11 nitrogen and oxygen atoms in total. The van der Waals surface area contributed by atoms with Gasteiger partial charge in [-0.25, -0.2) is 9.13 Å². The van der Waals surface area contributed by atoms with Gasteiger partial charge in [-0.2, -0.15) is 4.31 Å². The standard InChI is InChI=1S/C8H12N2O9P2/c11-10(12)8-4-2-1-3-7(8)9-5-6-18-21(16,17)19-20(13,14)15/h1-4,9H,5-6H2,(H,16,17)(H2,13,14,15). The van der Waals surface area contributed by atoms with Crippen LogP contribution in [0, 0.1) is 10.1 Å². The van der Waals surface area contributed by atoms with E-state index in [2.05, 4.69) is 14.2 Å². The second-order valence-corrected chi connectivity index (χ2v) is 6.40. The summed E-state index contributed by atoms with van der Waals surface area (Å²) < 4.78 is 29.3. The molecule has 1 rings (SSSR count). The number of rotatable bonds is 8. The molecule has 21 heavy (non-hydrogen) atoms. The third-order valence-corrected chi connectivity index (χ3v) is 4.17. The summed E-state index contributed by atoms with van der Waals surface area (Å²) in [7, 11) is -10.1. The number of nitrogens with zero attached hydrogens (tertiary/aromatic N) is 1. The van der Waals surface area contributed by atoms with Crippen molar-refractivity contribution in [2.75, 3.05) is 18.5 Å². The molecule has 0 radical (unpaired) electrons. The molecule has 118 valence electrons. The molecule has 0 aliphatic rings. The van der Waals surface area contributed by atoms with Crippen molar-refractivity contribution in [3.05, 3.63) is 34.4 Å². The van der Waals surface area contributed by atoms with Gasteiger partial charge in [-0.1, -0.05) is 12.1 Å². The first kappa shape index (κ1) is 17.7. The average molecular weight is 342 g/mol. The fourth-order valence-corrected chi connectivity index (χ4v) is 2.87. The van der Waals surface area contributed by atoms with Crippen LogP contribution in [0.3, 0.4) is 0 Å². The number of nitro groups is 1. The molecule has 0 fully saturated rings. The summed E-state index contributed by atoms with van der Waals surface area (Å²) in [5.74, 6) is 0. The second-order valence-electron chi connectivity index (χ2n) is 3.58. The van der Waals surface area contributed by atoms with Crippen LogP contribution in [0.15, 0.2) is 24.3 Å². The lowest BCUT2D eigenvalue weighted by molar-refractivity contribution is -0.384. The number of benzene rings is 1. The van der Waals surface area contributed by atoms with Gasteiger partial charge >= 0.3 is 15.6 Å². The van der Waals surface area contributed by atoms with Crippen molar-refractivity contribution in [2.45, 2.75) is 0 Å². The van der Waals surface area contributed by atoms with Crippen LogP contribution >= 0.6 is 15.6 Å². The van der Waals surface area contributed by atoms with E-state index in [1.54, 1.807) is 6.07 Å². The van der Waals surface area contributed by atoms with Gasteiger partial charge in [-0.3, -0.25) is 14.6 Å². The van der Waals surface area contributed by atoms with E-state index in [1.165, 1.54) is 18.2 Å². The molecule has 4 N–H and O–H groups in total. The number of anilines is 1. The minimum atomic E-state index is -5.16. The number of para-hydroxylation sites is 2. The molecule has 13 heteroatoms. The van der Waals surface area contributed by atoms with Crippen LogP contribution in [0.2, 0.25) is 0 Å². The Bertz CT molecular complexity index is 601. The summed E-state index contributed by atoms with van der Waals surface area (Å²) in [5, 5.41) is 13.3. The second kappa shape index (κ2) is 7.10. The van der Waals surface area contributed by atoms with Crippen molar-refractivity contribution < 1.29 is 37.6 Å². The summed E-state index contributed by atoms with van der Waals surface area (Å²) in [4.78, 5) is 35.8. The van der Waals surface area contributed by atoms with Crippen molar-refractivity contribution in [1.82, 2.24) is 0 Å². The van der Waals surface area contributed by atoms with E-state index in [1.807, 2.05) is 0 Å². The van der Waals surface area contributed by atoms with Crippen molar-refractivity contribution in [2.24, 2.45) is 0 Å².